The second-order valence-corrected chi connectivity index (χ2v) is 3.73. The first kappa shape index (κ1) is 10.7. The van der Waals surface area contributed by atoms with E-state index in [2.05, 4.69) is 6.07 Å². The van der Waals surface area contributed by atoms with Gasteiger partial charge in [-0.3, -0.25) is 0 Å². The van der Waals surface area contributed by atoms with Gasteiger partial charge < -0.3 is 5.11 Å². The molecule has 0 aliphatic carbocycles. The highest BCUT2D eigenvalue weighted by Crippen LogP contribution is 2.23. The minimum Gasteiger partial charge on any atom is -0.393 e. The lowest BCUT2D eigenvalue weighted by Gasteiger charge is -2.16. The molecule has 0 radical (unpaired) electrons. The maximum Gasteiger partial charge on any atom is 0.0994 e. The van der Waals surface area contributed by atoms with Crippen LogP contribution < -0.4 is 0 Å². The highest BCUT2D eigenvalue weighted by atomic mass is 16.3. The third-order valence-corrected chi connectivity index (χ3v) is 2.54. The summed E-state index contributed by atoms with van der Waals surface area (Å²) >= 11 is 0. The lowest BCUT2D eigenvalue weighted by atomic mass is 9.91. The van der Waals surface area contributed by atoms with Crippen molar-refractivity contribution >= 4 is 0 Å². The third kappa shape index (κ3) is 2.12. The maximum absolute atomic E-state index is 9.48. The minimum absolute atomic E-state index is 0.00421. The van der Waals surface area contributed by atoms with Crippen LogP contribution in [0, 0.1) is 18.3 Å². The van der Waals surface area contributed by atoms with Crippen molar-refractivity contribution < 1.29 is 5.11 Å². The largest absolute Gasteiger partial charge is 0.393 e. The van der Waals surface area contributed by atoms with Gasteiger partial charge >= 0.3 is 0 Å². The Morgan fingerprint density at radius 3 is 2.50 bits per heavy atom. The van der Waals surface area contributed by atoms with Crippen LogP contribution in [0.2, 0.25) is 0 Å². The van der Waals surface area contributed by atoms with E-state index >= 15 is 0 Å². The van der Waals surface area contributed by atoms with E-state index in [0.717, 1.165) is 11.1 Å². The molecule has 2 heteroatoms. The fraction of sp³-hybridized carbons (Fsp3) is 0.417. The van der Waals surface area contributed by atoms with Crippen molar-refractivity contribution in [1.29, 1.82) is 5.26 Å². The molecule has 1 rings (SSSR count). The van der Waals surface area contributed by atoms with Crippen molar-refractivity contribution in [2.24, 2.45) is 0 Å². The predicted octanol–water partition coefficient (Wildman–Crippen LogP) is 2.35. The van der Waals surface area contributed by atoms with Crippen molar-refractivity contribution in [1.82, 2.24) is 0 Å². The number of aryl methyl sites for hydroxylation is 1. The Morgan fingerprint density at radius 2 is 2.00 bits per heavy atom. The molecule has 0 heterocycles. The average Bonchev–Trinajstić information content (AvgIpc) is 2.16. The van der Waals surface area contributed by atoms with Crippen LogP contribution in [0.25, 0.3) is 0 Å². The number of benzene rings is 1. The Hall–Kier alpha value is -1.33. The van der Waals surface area contributed by atoms with E-state index in [1.54, 1.807) is 6.92 Å². The molecule has 0 aliphatic heterocycles. The number of nitrogens with zero attached hydrogens (tertiary/aromatic N) is 1. The first-order valence-electron chi connectivity index (χ1n) is 4.75. The second-order valence-electron chi connectivity index (χ2n) is 3.73. The third-order valence-electron chi connectivity index (χ3n) is 2.54. The summed E-state index contributed by atoms with van der Waals surface area (Å²) in [5.41, 5.74) is 2.71. The summed E-state index contributed by atoms with van der Waals surface area (Å²) in [7, 11) is 0. The monoisotopic (exact) mass is 189 g/mol. The number of hydrogen-bond donors (Lipinski definition) is 1. The fourth-order valence-corrected chi connectivity index (χ4v) is 1.42. The molecule has 74 valence electrons. The van der Waals surface area contributed by atoms with E-state index in [1.165, 1.54) is 0 Å². The zero-order chi connectivity index (χ0) is 10.7. The zero-order valence-electron chi connectivity index (χ0n) is 8.78. The molecule has 1 N–H and O–H groups in total. The van der Waals surface area contributed by atoms with Gasteiger partial charge in [0.1, 0.15) is 0 Å². The number of hydrogen-bond acceptors (Lipinski definition) is 2. The van der Waals surface area contributed by atoms with Crippen LogP contribution in [0.3, 0.4) is 0 Å². The lowest BCUT2D eigenvalue weighted by Crippen LogP contribution is -2.12. The van der Waals surface area contributed by atoms with Crippen molar-refractivity contribution in [3.63, 3.8) is 0 Å². The molecule has 0 spiro atoms. The molecule has 0 saturated carbocycles. The van der Waals surface area contributed by atoms with Crippen molar-refractivity contribution in [3.8, 4) is 6.07 Å². The second kappa shape index (κ2) is 4.26. The first-order valence-corrected chi connectivity index (χ1v) is 4.75. The summed E-state index contributed by atoms with van der Waals surface area (Å²) in [4.78, 5) is 0. The summed E-state index contributed by atoms with van der Waals surface area (Å²) in [6.45, 7) is 5.66. The van der Waals surface area contributed by atoms with Gasteiger partial charge in [-0.25, -0.2) is 0 Å². The van der Waals surface area contributed by atoms with E-state index in [4.69, 9.17) is 5.26 Å². The first-order chi connectivity index (χ1) is 6.56. The molecule has 2 atom stereocenters. The fourth-order valence-electron chi connectivity index (χ4n) is 1.42. The minimum atomic E-state index is -0.427. The number of nitriles is 1. The quantitative estimate of drug-likeness (QED) is 0.776. The van der Waals surface area contributed by atoms with Gasteiger partial charge in [0.2, 0.25) is 0 Å². The van der Waals surface area contributed by atoms with Gasteiger partial charge in [-0.05, 0) is 25.5 Å². The predicted molar refractivity (Wildman–Crippen MR) is 56.0 cm³/mol. The number of rotatable bonds is 2. The van der Waals surface area contributed by atoms with E-state index in [-0.39, 0.29) is 5.92 Å². The van der Waals surface area contributed by atoms with Crippen molar-refractivity contribution in [3.05, 3.63) is 34.9 Å². The van der Waals surface area contributed by atoms with Crippen LogP contribution in [0.15, 0.2) is 18.2 Å². The SMILES string of the molecule is Cc1ccc(C#N)c([C@H](C)[C@H](C)O)c1. The molecule has 0 aromatic heterocycles. The van der Waals surface area contributed by atoms with E-state index in [9.17, 15) is 5.11 Å². The number of aliphatic hydroxyl groups excluding tert-OH is 1. The van der Waals surface area contributed by atoms with Crippen molar-refractivity contribution in [2.75, 3.05) is 0 Å². The Balaban J connectivity index is 3.18. The van der Waals surface area contributed by atoms with Crippen LogP contribution >= 0.6 is 0 Å². The molecule has 1 aromatic carbocycles. The Labute approximate surface area is 84.8 Å². The van der Waals surface area contributed by atoms with Gasteiger partial charge in [0.05, 0.1) is 17.7 Å². The molecule has 0 aliphatic rings. The summed E-state index contributed by atoms with van der Waals surface area (Å²) in [6, 6.07) is 7.84. The summed E-state index contributed by atoms with van der Waals surface area (Å²) < 4.78 is 0. The molecule has 0 bridgehead atoms. The lowest BCUT2D eigenvalue weighted by molar-refractivity contribution is 0.169. The van der Waals surface area contributed by atoms with Gasteiger partial charge in [-0.15, -0.1) is 0 Å². The van der Waals surface area contributed by atoms with E-state index in [1.807, 2.05) is 32.0 Å². The zero-order valence-corrected chi connectivity index (χ0v) is 8.78. The highest BCUT2D eigenvalue weighted by Gasteiger charge is 2.15. The number of aliphatic hydroxyl groups is 1. The Bertz CT molecular complexity index is 363. The average molecular weight is 189 g/mol. The molecule has 0 saturated heterocycles. The molecule has 0 unspecified atom stereocenters. The van der Waals surface area contributed by atoms with Crippen molar-refractivity contribution in [2.45, 2.75) is 32.8 Å². The van der Waals surface area contributed by atoms with E-state index < -0.39 is 6.10 Å². The summed E-state index contributed by atoms with van der Waals surface area (Å²) in [5, 5.41) is 18.4. The Kier molecular flexibility index (Phi) is 3.27. The molecular weight excluding hydrogens is 174 g/mol. The van der Waals surface area contributed by atoms with Crippen LogP contribution in [-0.4, -0.2) is 11.2 Å². The maximum atomic E-state index is 9.48. The van der Waals surface area contributed by atoms with Gasteiger partial charge in [0.15, 0.2) is 0 Å². The Morgan fingerprint density at radius 1 is 1.36 bits per heavy atom. The topological polar surface area (TPSA) is 44.0 Å². The molecule has 0 amide bonds. The smallest absolute Gasteiger partial charge is 0.0994 e. The molecule has 1 aromatic rings. The van der Waals surface area contributed by atoms with Gasteiger partial charge in [-0.2, -0.15) is 5.26 Å². The standard InChI is InChI=1S/C12H15NO/c1-8-4-5-11(7-13)12(6-8)9(2)10(3)14/h4-6,9-10,14H,1-3H3/t9-,10+/m1/s1. The molecule has 0 fully saturated rings. The normalized spacial score (nSPS) is 14.5. The van der Waals surface area contributed by atoms with Crippen LogP contribution in [0.4, 0.5) is 0 Å². The molecular formula is C12H15NO. The van der Waals surface area contributed by atoms with Crippen LogP contribution in [0.5, 0.6) is 0 Å². The van der Waals surface area contributed by atoms with Gasteiger partial charge in [0.25, 0.3) is 0 Å². The highest BCUT2D eigenvalue weighted by molar-refractivity contribution is 5.42. The molecule has 14 heavy (non-hydrogen) atoms. The summed E-state index contributed by atoms with van der Waals surface area (Å²) in [6.07, 6.45) is -0.427. The van der Waals surface area contributed by atoms with Gasteiger partial charge in [-0.1, -0.05) is 24.6 Å². The van der Waals surface area contributed by atoms with Crippen LogP contribution in [0.1, 0.15) is 36.5 Å². The van der Waals surface area contributed by atoms with Gasteiger partial charge in [0, 0.05) is 5.92 Å². The van der Waals surface area contributed by atoms with Crippen LogP contribution in [-0.2, 0) is 0 Å². The summed E-state index contributed by atoms with van der Waals surface area (Å²) in [5.74, 6) is 0.00421. The van der Waals surface area contributed by atoms with E-state index in [0.29, 0.717) is 5.56 Å². The molecule has 2 nitrogen and oxygen atoms in total.